The molecule has 1 heterocycles. The molecule has 3 rings (SSSR count). The van der Waals surface area contributed by atoms with Crippen molar-refractivity contribution in [2.75, 3.05) is 5.32 Å². The third-order valence-corrected chi connectivity index (χ3v) is 4.39. The molecule has 0 amide bonds. The predicted molar refractivity (Wildman–Crippen MR) is 109 cm³/mol. The summed E-state index contributed by atoms with van der Waals surface area (Å²) < 4.78 is 5.97. The molecule has 0 fully saturated rings. The molecule has 2 aromatic rings. The Balaban J connectivity index is 1.79. The number of nitrogens with zero attached hydrogens (tertiary/aromatic N) is 1. The number of fused-ring (bicyclic) bond motifs is 1. The summed E-state index contributed by atoms with van der Waals surface area (Å²) in [7, 11) is 0. The molecule has 136 valence electrons. The standard InChI is InChI=1S/C20H23N3O2S/c1-4-13-7-5-6-8-16(13)21-19(26)23-22-17-12-20(2,3)25-18-10-9-14(24)11-15(17)18/h5-11,24H,4,12H2,1-3H3,(H2,21,23,26)/b22-17-. The van der Waals surface area contributed by atoms with Crippen molar-refractivity contribution in [3.8, 4) is 11.5 Å². The SMILES string of the molecule is CCc1ccccc1NC(=S)N/N=C1/CC(C)(C)Oc2ccc(O)cc21. The number of hydrogen-bond acceptors (Lipinski definition) is 4. The molecule has 0 unspecified atom stereocenters. The van der Waals surface area contributed by atoms with Gasteiger partial charge in [0.1, 0.15) is 17.1 Å². The fraction of sp³-hybridized carbons (Fsp3) is 0.300. The van der Waals surface area contributed by atoms with Gasteiger partial charge in [-0.15, -0.1) is 0 Å². The van der Waals surface area contributed by atoms with Crippen LogP contribution in [0, 0.1) is 0 Å². The number of thiocarbonyl (C=S) groups is 1. The molecule has 0 bridgehead atoms. The number of benzene rings is 2. The fourth-order valence-corrected chi connectivity index (χ4v) is 3.14. The molecule has 3 N–H and O–H groups in total. The third kappa shape index (κ3) is 4.14. The van der Waals surface area contributed by atoms with Gasteiger partial charge in [-0.2, -0.15) is 5.10 Å². The van der Waals surface area contributed by atoms with Crippen molar-refractivity contribution in [3.05, 3.63) is 53.6 Å². The summed E-state index contributed by atoms with van der Waals surface area (Å²) >= 11 is 5.38. The van der Waals surface area contributed by atoms with Crippen LogP contribution in [0.2, 0.25) is 0 Å². The lowest BCUT2D eigenvalue weighted by atomic mass is 9.92. The topological polar surface area (TPSA) is 65.9 Å². The Kier molecular flexibility index (Phi) is 5.13. The molecule has 0 spiro atoms. The van der Waals surface area contributed by atoms with Crippen LogP contribution in [0.1, 0.15) is 38.3 Å². The molecule has 0 aliphatic carbocycles. The zero-order chi connectivity index (χ0) is 18.7. The molecule has 0 radical (unpaired) electrons. The maximum absolute atomic E-state index is 9.80. The van der Waals surface area contributed by atoms with Crippen LogP contribution in [0.3, 0.4) is 0 Å². The summed E-state index contributed by atoms with van der Waals surface area (Å²) in [5, 5.41) is 17.9. The summed E-state index contributed by atoms with van der Waals surface area (Å²) in [5.41, 5.74) is 6.26. The van der Waals surface area contributed by atoms with Gasteiger partial charge in [-0.3, -0.25) is 5.43 Å². The van der Waals surface area contributed by atoms with Gasteiger partial charge in [-0.25, -0.2) is 0 Å². The molecule has 0 atom stereocenters. The van der Waals surface area contributed by atoms with E-state index in [0.717, 1.165) is 23.4 Å². The molecule has 1 aliphatic rings. The molecule has 1 aliphatic heterocycles. The van der Waals surface area contributed by atoms with Crippen molar-refractivity contribution < 1.29 is 9.84 Å². The highest BCUT2D eigenvalue weighted by Crippen LogP contribution is 2.35. The van der Waals surface area contributed by atoms with E-state index in [1.54, 1.807) is 18.2 Å². The van der Waals surface area contributed by atoms with Crippen molar-refractivity contribution in [2.45, 2.75) is 39.2 Å². The molecule has 0 saturated carbocycles. The van der Waals surface area contributed by atoms with Crippen molar-refractivity contribution in [3.63, 3.8) is 0 Å². The van der Waals surface area contributed by atoms with E-state index in [9.17, 15) is 5.11 Å². The Morgan fingerprint density at radius 1 is 1.27 bits per heavy atom. The van der Waals surface area contributed by atoms with Gasteiger partial charge < -0.3 is 15.2 Å². The first kappa shape index (κ1) is 18.2. The number of hydrogen-bond donors (Lipinski definition) is 3. The van der Waals surface area contributed by atoms with Gasteiger partial charge in [0.05, 0.1) is 5.71 Å². The van der Waals surface area contributed by atoms with E-state index in [2.05, 4.69) is 28.8 Å². The number of rotatable bonds is 3. The highest BCUT2D eigenvalue weighted by atomic mass is 32.1. The van der Waals surface area contributed by atoms with Crippen LogP contribution in [0.4, 0.5) is 5.69 Å². The molecule has 5 nitrogen and oxygen atoms in total. The third-order valence-electron chi connectivity index (χ3n) is 4.19. The minimum absolute atomic E-state index is 0.178. The first-order valence-corrected chi connectivity index (χ1v) is 9.02. The van der Waals surface area contributed by atoms with E-state index in [4.69, 9.17) is 17.0 Å². The number of anilines is 1. The summed E-state index contributed by atoms with van der Waals surface area (Å²) in [4.78, 5) is 0. The van der Waals surface area contributed by atoms with Gasteiger partial charge in [0.15, 0.2) is 5.11 Å². The monoisotopic (exact) mass is 369 g/mol. The van der Waals surface area contributed by atoms with Gasteiger partial charge >= 0.3 is 0 Å². The molecule has 0 saturated heterocycles. The number of para-hydroxylation sites is 1. The van der Waals surface area contributed by atoms with Crippen molar-refractivity contribution >= 4 is 28.7 Å². The van der Waals surface area contributed by atoms with Crippen LogP contribution >= 0.6 is 12.2 Å². The van der Waals surface area contributed by atoms with Gasteiger partial charge in [-0.05, 0) is 62.3 Å². The van der Waals surface area contributed by atoms with Crippen LogP contribution in [-0.4, -0.2) is 21.5 Å². The second-order valence-electron chi connectivity index (χ2n) is 6.85. The highest BCUT2D eigenvalue weighted by Gasteiger charge is 2.31. The molecule has 0 aromatic heterocycles. The maximum Gasteiger partial charge on any atom is 0.191 e. The van der Waals surface area contributed by atoms with Crippen molar-refractivity contribution in [2.24, 2.45) is 5.10 Å². The lowest BCUT2D eigenvalue weighted by molar-refractivity contribution is 0.111. The van der Waals surface area contributed by atoms with Crippen LogP contribution in [0.25, 0.3) is 0 Å². The van der Waals surface area contributed by atoms with Crippen LogP contribution in [0.5, 0.6) is 11.5 Å². The molecule has 26 heavy (non-hydrogen) atoms. The van der Waals surface area contributed by atoms with Crippen LogP contribution < -0.4 is 15.5 Å². The Labute approximate surface area is 159 Å². The van der Waals surface area contributed by atoms with E-state index in [1.165, 1.54) is 5.56 Å². The Morgan fingerprint density at radius 2 is 2.04 bits per heavy atom. The van der Waals surface area contributed by atoms with E-state index < -0.39 is 0 Å². The largest absolute Gasteiger partial charge is 0.508 e. The number of phenolic OH excluding ortho intramolecular Hbond substituents is 1. The molecular weight excluding hydrogens is 346 g/mol. The normalized spacial score (nSPS) is 16.5. The highest BCUT2D eigenvalue weighted by molar-refractivity contribution is 7.80. The molecule has 6 heteroatoms. The van der Waals surface area contributed by atoms with Gasteiger partial charge in [0.25, 0.3) is 0 Å². The Morgan fingerprint density at radius 3 is 2.81 bits per heavy atom. The zero-order valence-corrected chi connectivity index (χ0v) is 16.0. The molecule has 2 aromatic carbocycles. The first-order chi connectivity index (χ1) is 12.4. The van der Waals surface area contributed by atoms with E-state index in [0.29, 0.717) is 17.3 Å². The second-order valence-corrected chi connectivity index (χ2v) is 7.26. The fourth-order valence-electron chi connectivity index (χ4n) is 2.98. The van der Waals surface area contributed by atoms with Crippen LogP contribution in [0.15, 0.2) is 47.6 Å². The summed E-state index contributed by atoms with van der Waals surface area (Å²) in [6.07, 6.45) is 1.52. The van der Waals surface area contributed by atoms with Gasteiger partial charge in [-0.1, -0.05) is 25.1 Å². The Hall–Kier alpha value is -2.60. The van der Waals surface area contributed by atoms with Crippen molar-refractivity contribution in [1.29, 1.82) is 0 Å². The number of ether oxygens (including phenoxy) is 1. The summed E-state index contributed by atoms with van der Waals surface area (Å²) in [6, 6.07) is 13.1. The van der Waals surface area contributed by atoms with Gasteiger partial charge in [0, 0.05) is 17.7 Å². The lowest BCUT2D eigenvalue weighted by Crippen LogP contribution is -2.37. The van der Waals surface area contributed by atoms with E-state index in [1.807, 2.05) is 32.0 Å². The van der Waals surface area contributed by atoms with Crippen LogP contribution in [-0.2, 0) is 6.42 Å². The minimum atomic E-state index is -0.381. The van der Waals surface area contributed by atoms with E-state index in [-0.39, 0.29) is 11.4 Å². The van der Waals surface area contributed by atoms with Crippen molar-refractivity contribution in [1.82, 2.24) is 5.43 Å². The average molecular weight is 369 g/mol. The lowest BCUT2D eigenvalue weighted by Gasteiger charge is -2.33. The average Bonchev–Trinajstić information content (AvgIpc) is 2.60. The number of aryl methyl sites for hydroxylation is 1. The number of aromatic hydroxyl groups is 1. The maximum atomic E-state index is 9.80. The van der Waals surface area contributed by atoms with Gasteiger partial charge in [0.2, 0.25) is 0 Å². The quantitative estimate of drug-likeness (QED) is 0.559. The number of nitrogens with one attached hydrogen (secondary N) is 2. The molecular formula is C20H23N3O2S. The first-order valence-electron chi connectivity index (χ1n) is 8.62. The summed E-state index contributed by atoms with van der Waals surface area (Å²) in [6.45, 7) is 6.11. The van der Waals surface area contributed by atoms with E-state index >= 15 is 0 Å². The smallest absolute Gasteiger partial charge is 0.191 e. The zero-order valence-electron chi connectivity index (χ0n) is 15.2. The second kappa shape index (κ2) is 7.33. The number of hydrazone groups is 1. The number of phenols is 1. The predicted octanol–water partition coefficient (Wildman–Crippen LogP) is 4.21. The summed E-state index contributed by atoms with van der Waals surface area (Å²) in [5.74, 6) is 0.882. The minimum Gasteiger partial charge on any atom is -0.508 e. The Bertz CT molecular complexity index is 862.